The van der Waals surface area contributed by atoms with Gasteiger partial charge in [-0.3, -0.25) is 4.98 Å². The lowest BCUT2D eigenvalue weighted by Crippen LogP contribution is -2.17. The summed E-state index contributed by atoms with van der Waals surface area (Å²) in [5.74, 6) is 0.497. The minimum Gasteiger partial charge on any atom is -0.370 e. The standard InChI is InChI=1S/C13H15ClN2S/c1-10-5-13(12(6-14)7-15-10)16(2)8-11-3-4-17-9-11/h3-5,7,9H,6,8H2,1-2H3. The van der Waals surface area contributed by atoms with Gasteiger partial charge in [0.2, 0.25) is 0 Å². The molecule has 0 amide bonds. The molecule has 0 aliphatic carbocycles. The highest BCUT2D eigenvalue weighted by Crippen LogP contribution is 2.23. The molecule has 0 aliphatic rings. The molecule has 2 heterocycles. The molecule has 4 heteroatoms. The molecule has 0 atom stereocenters. The van der Waals surface area contributed by atoms with Gasteiger partial charge >= 0.3 is 0 Å². The number of nitrogens with zero attached hydrogens (tertiary/aromatic N) is 2. The highest BCUT2D eigenvalue weighted by Gasteiger charge is 2.08. The van der Waals surface area contributed by atoms with E-state index in [9.17, 15) is 0 Å². The van der Waals surface area contributed by atoms with Crippen molar-refractivity contribution >= 4 is 28.6 Å². The van der Waals surface area contributed by atoms with Crippen LogP contribution in [-0.4, -0.2) is 12.0 Å². The number of pyridine rings is 1. The van der Waals surface area contributed by atoms with E-state index in [0.29, 0.717) is 5.88 Å². The molecule has 2 aromatic rings. The third-order valence-corrected chi connectivity index (χ3v) is 3.67. The predicted molar refractivity (Wildman–Crippen MR) is 75.0 cm³/mol. The van der Waals surface area contributed by atoms with Crippen LogP contribution in [0.25, 0.3) is 0 Å². The van der Waals surface area contributed by atoms with E-state index in [4.69, 9.17) is 11.6 Å². The van der Waals surface area contributed by atoms with Gasteiger partial charge in [-0.25, -0.2) is 0 Å². The molecule has 90 valence electrons. The van der Waals surface area contributed by atoms with Crippen LogP contribution in [0.3, 0.4) is 0 Å². The van der Waals surface area contributed by atoms with Gasteiger partial charge in [-0.2, -0.15) is 11.3 Å². The van der Waals surface area contributed by atoms with E-state index in [1.165, 1.54) is 11.3 Å². The van der Waals surface area contributed by atoms with Crippen molar-refractivity contribution in [3.05, 3.63) is 45.9 Å². The first-order valence-corrected chi connectivity index (χ1v) is 6.92. The zero-order valence-electron chi connectivity index (χ0n) is 9.98. The Bertz CT molecular complexity index is 482. The molecule has 0 radical (unpaired) electrons. The lowest BCUT2D eigenvalue weighted by Gasteiger charge is -2.21. The van der Waals surface area contributed by atoms with Gasteiger partial charge in [0.15, 0.2) is 0 Å². The number of alkyl halides is 1. The fourth-order valence-corrected chi connectivity index (χ4v) is 2.64. The van der Waals surface area contributed by atoms with Crippen LogP contribution in [0.2, 0.25) is 0 Å². The molecular formula is C13H15ClN2S. The first-order chi connectivity index (χ1) is 8.20. The van der Waals surface area contributed by atoms with Crippen LogP contribution in [0.15, 0.2) is 29.1 Å². The second-order valence-corrected chi connectivity index (χ2v) is 5.12. The van der Waals surface area contributed by atoms with Crippen LogP contribution < -0.4 is 4.90 Å². The number of thiophene rings is 1. The SMILES string of the molecule is Cc1cc(N(C)Cc2ccsc2)c(CCl)cn1. The largest absolute Gasteiger partial charge is 0.370 e. The Kier molecular flexibility index (Phi) is 4.02. The summed E-state index contributed by atoms with van der Waals surface area (Å²) in [5, 5.41) is 4.27. The Labute approximate surface area is 111 Å². The first-order valence-electron chi connectivity index (χ1n) is 5.44. The summed E-state index contributed by atoms with van der Waals surface area (Å²) in [6.07, 6.45) is 1.86. The predicted octanol–water partition coefficient (Wildman–Crippen LogP) is 3.83. The van der Waals surface area contributed by atoms with Gasteiger partial charge in [0, 0.05) is 36.7 Å². The molecule has 2 nitrogen and oxygen atoms in total. The van der Waals surface area contributed by atoms with Crippen LogP contribution >= 0.6 is 22.9 Å². The molecule has 0 saturated heterocycles. The van der Waals surface area contributed by atoms with E-state index in [0.717, 1.165) is 17.8 Å². The second kappa shape index (κ2) is 5.52. The molecule has 0 saturated carbocycles. The van der Waals surface area contributed by atoms with Gasteiger partial charge in [0.25, 0.3) is 0 Å². The van der Waals surface area contributed by atoms with Crippen molar-refractivity contribution in [1.82, 2.24) is 4.98 Å². The Morgan fingerprint density at radius 3 is 2.94 bits per heavy atom. The molecule has 2 rings (SSSR count). The summed E-state index contributed by atoms with van der Waals surface area (Å²) in [5.41, 5.74) is 4.59. The van der Waals surface area contributed by atoms with E-state index in [1.807, 2.05) is 13.1 Å². The van der Waals surface area contributed by atoms with Crippen LogP contribution in [0, 0.1) is 6.92 Å². The van der Waals surface area contributed by atoms with Crippen molar-refractivity contribution in [2.24, 2.45) is 0 Å². The Balaban J connectivity index is 2.23. The normalized spacial score (nSPS) is 10.5. The molecule has 0 unspecified atom stereocenters. The first kappa shape index (κ1) is 12.4. The number of halogens is 1. The van der Waals surface area contributed by atoms with E-state index >= 15 is 0 Å². The monoisotopic (exact) mass is 266 g/mol. The highest BCUT2D eigenvalue weighted by molar-refractivity contribution is 7.07. The summed E-state index contributed by atoms with van der Waals surface area (Å²) in [6.45, 7) is 2.90. The van der Waals surface area contributed by atoms with Gasteiger partial charge in [-0.15, -0.1) is 11.6 Å². The summed E-state index contributed by atoms with van der Waals surface area (Å²) in [6, 6.07) is 4.24. The fraction of sp³-hybridized carbons (Fsp3) is 0.308. The maximum absolute atomic E-state index is 5.95. The van der Waals surface area contributed by atoms with Crippen LogP contribution in [-0.2, 0) is 12.4 Å². The number of rotatable bonds is 4. The molecule has 0 fully saturated rings. The van der Waals surface area contributed by atoms with Crippen molar-refractivity contribution in [3.8, 4) is 0 Å². The Hall–Kier alpha value is -1.06. The number of anilines is 1. The molecule has 0 aromatic carbocycles. The van der Waals surface area contributed by atoms with Crippen molar-refractivity contribution in [3.63, 3.8) is 0 Å². The van der Waals surface area contributed by atoms with Gasteiger partial charge in [-0.1, -0.05) is 0 Å². The van der Waals surface area contributed by atoms with Crippen molar-refractivity contribution in [2.75, 3.05) is 11.9 Å². The van der Waals surface area contributed by atoms with E-state index in [-0.39, 0.29) is 0 Å². The second-order valence-electron chi connectivity index (χ2n) is 4.08. The minimum absolute atomic E-state index is 0.497. The summed E-state index contributed by atoms with van der Waals surface area (Å²) in [4.78, 5) is 6.50. The highest BCUT2D eigenvalue weighted by atomic mass is 35.5. The molecule has 0 spiro atoms. The molecule has 2 aromatic heterocycles. The zero-order valence-corrected chi connectivity index (χ0v) is 11.6. The number of aryl methyl sites for hydroxylation is 1. The Morgan fingerprint density at radius 2 is 2.29 bits per heavy atom. The molecule has 17 heavy (non-hydrogen) atoms. The van der Waals surface area contributed by atoms with Gasteiger partial charge in [0.05, 0.1) is 5.88 Å². The third-order valence-electron chi connectivity index (χ3n) is 2.65. The maximum atomic E-state index is 5.95. The van der Waals surface area contributed by atoms with Crippen LogP contribution in [0.4, 0.5) is 5.69 Å². The van der Waals surface area contributed by atoms with Crippen molar-refractivity contribution in [2.45, 2.75) is 19.3 Å². The van der Waals surface area contributed by atoms with Crippen molar-refractivity contribution < 1.29 is 0 Å². The van der Waals surface area contributed by atoms with Gasteiger partial charge in [0.1, 0.15) is 0 Å². The zero-order chi connectivity index (χ0) is 12.3. The summed E-state index contributed by atoms with van der Waals surface area (Å²) >= 11 is 7.67. The molecule has 0 bridgehead atoms. The third kappa shape index (κ3) is 2.99. The number of hydrogen-bond donors (Lipinski definition) is 0. The minimum atomic E-state index is 0.497. The number of aromatic nitrogens is 1. The van der Waals surface area contributed by atoms with Gasteiger partial charge in [-0.05, 0) is 35.4 Å². The van der Waals surface area contributed by atoms with Gasteiger partial charge < -0.3 is 4.90 Å². The molecular weight excluding hydrogens is 252 g/mol. The fourth-order valence-electron chi connectivity index (χ4n) is 1.77. The summed E-state index contributed by atoms with van der Waals surface area (Å²) < 4.78 is 0. The van der Waals surface area contributed by atoms with Crippen LogP contribution in [0.1, 0.15) is 16.8 Å². The van der Waals surface area contributed by atoms with Crippen molar-refractivity contribution in [1.29, 1.82) is 0 Å². The van der Waals surface area contributed by atoms with Crippen LogP contribution in [0.5, 0.6) is 0 Å². The average Bonchev–Trinajstić information content (AvgIpc) is 2.81. The smallest absolute Gasteiger partial charge is 0.0509 e. The summed E-state index contributed by atoms with van der Waals surface area (Å²) in [7, 11) is 2.09. The van der Waals surface area contributed by atoms with E-state index in [1.54, 1.807) is 11.3 Å². The van der Waals surface area contributed by atoms with E-state index < -0.39 is 0 Å². The Morgan fingerprint density at radius 1 is 1.47 bits per heavy atom. The average molecular weight is 267 g/mol. The number of hydrogen-bond acceptors (Lipinski definition) is 3. The lowest BCUT2D eigenvalue weighted by molar-refractivity contribution is 0.913. The van der Waals surface area contributed by atoms with E-state index in [2.05, 4.69) is 39.8 Å². The molecule has 0 aliphatic heterocycles. The quantitative estimate of drug-likeness (QED) is 0.782. The lowest BCUT2D eigenvalue weighted by atomic mass is 10.2. The maximum Gasteiger partial charge on any atom is 0.0509 e. The molecule has 0 N–H and O–H groups in total. The topological polar surface area (TPSA) is 16.1 Å².